The van der Waals surface area contributed by atoms with Crippen LogP contribution in [0, 0.1) is 0 Å². The van der Waals surface area contributed by atoms with E-state index in [4.69, 9.17) is 4.74 Å². The van der Waals surface area contributed by atoms with Crippen molar-refractivity contribution < 1.29 is 22.7 Å². The first kappa shape index (κ1) is 20.4. The summed E-state index contributed by atoms with van der Waals surface area (Å²) in [7, 11) is 0. The van der Waals surface area contributed by atoms with Gasteiger partial charge in [-0.05, 0) is 40.2 Å². The summed E-state index contributed by atoms with van der Waals surface area (Å²) >= 11 is 3.21. The van der Waals surface area contributed by atoms with E-state index < -0.39 is 23.2 Å². The molecule has 1 aromatic carbocycles. The van der Waals surface area contributed by atoms with Crippen LogP contribution >= 0.6 is 15.9 Å². The van der Waals surface area contributed by atoms with Crippen molar-refractivity contribution >= 4 is 33.2 Å². The first-order valence-corrected chi connectivity index (χ1v) is 9.23. The van der Waals surface area contributed by atoms with E-state index in [2.05, 4.69) is 21.2 Å². The van der Waals surface area contributed by atoms with Gasteiger partial charge in [0.15, 0.2) is 0 Å². The molecule has 10 heteroatoms. The lowest BCUT2D eigenvalue weighted by molar-refractivity contribution is -0.137. The number of ether oxygens (including phenoxy) is 1. The van der Waals surface area contributed by atoms with Gasteiger partial charge in [-0.15, -0.1) is 0 Å². The Kier molecular flexibility index (Phi) is 6.09. The Morgan fingerprint density at radius 3 is 2.57 bits per heavy atom. The lowest BCUT2D eigenvalue weighted by atomic mass is 10.1. The third-order valence-electron chi connectivity index (χ3n) is 4.21. The predicted molar refractivity (Wildman–Crippen MR) is 102 cm³/mol. The molecule has 1 aliphatic heterocycles. The van der Waals surface area contributed by atoms with Gasteiger partial charge in [-0.3, -0.25) is 9.59 Å². The first-order chi connectivity index (χ1) is 13.2. The van der Waals surface area contributed by atoms with E-state index in [1.54, 1.807) is 6.07 Å². The van der Waals surface area contributed by atoms with E-state index in [0.717, 1.165) is 12.1 Å². The maximum atomic E-state index is 13.1. The molecule has 6 nitrogen and oxygen atoms in total. The molecule has 28 heavy (non-hydrogen) atoms. The van der Waals surface area contributed by atoms with Crippen LogP contribution in [0.15, 0.2) is 45.8 Å². The fourth-order valence-electron chi connectivity index (χ4n) is 2.86. The fraction of sp³-hybridized carbons (Fsp3) is 0.333. The van der Waals surface area contributed by atoms with E-state index in [0.29, 0.717) is 36.5 Å². The topological polar surface area (TPSA) is 63.6 Å². The summed E-state index contributed by atoms with van der Waals surface area (Å²) < 4.78 is 46.4. The smallest absolute Gasteiger partial charge is 0.378 e. The number of nitrogens with one attached hydrogen (secondary N) is 1. The second-order valence-corrected chi connectivity index (χ2v) is 7.11. The third-order valence-corrected chi connectivity index (χ3v) is 4.68. The lowest BCUT2D eigenvalue weighted by Crippen LogP contribution is -2.37. The van der Waals surface area contributed by atoms with E-state index in [1.807, 2.05) is 4.90 Å². The quantitative estimate of drug-likeness (QED) is 0.762. The maximum absolute atomic E-state index is 13.1. The number of morpholine rings is 1. The van der Waals surface area contributed by atoms with Crippen LogP contribution in [0.5, 0.6) is 0 Å². The number of halogens is 4. The third kappa shape index (κ3) is 4.93. The molecule has 1 saturated heterocycles. The molecule has 0 unspecified atom stereocenters. The number of pyridine rings is 1. The number of anilines is 2. The number of aromatic nitrogens is 1. The molecule has 2 aromatic rings. The summed E-state index contributed by atoms with van der Waals surface area (Å²) in [5.74, 6) is -0.603. The van der Waals surface area contributed by atoms with Crippen LogP contribution in [0.25, 0.3) is 0 Å². The molecule has 2 heterocycles. The minimum Gasteiger partial charge on any atom is -0.378 e. The minimum atomic E-state index is -4.54. The van der Waals surface area contributed by atoms with Crippen LogP contribution in [-0.4, -0.2) is 36.8 Å². The van der Waals surface area contributed by atoms with Gasteiger partial charge in [-0.2, -0.15) is 13.2 Å². The van der Waals surface area contributed by atoms with Gasteiger partial charge < -0.3 is 19.5 Å². The van der Waals surface area contributed by atoms with Gasteiger partial charge in [0.05, 0.1) is 30.2 Å². The van der Waals surface area contributed by atoms with Gasteiger partial charge in [0, 0.05) is 29.8 Å². The fourth-order valence-corrected chi connectivity index (χ4v) is 3.24. The van der Waals surface area contributed by atoms with Crippen molar-refractivity contribution in [2.24, 2.45) is 0 Å². The zero-order valence-corrected chi connectivity index (χ0v) is 16.2. The Balaban J connectivity index is 1.88. The summed E-state index contributed by atoms with van der Waals surface area (Å²) in [6.45, 7) is 1.57. The zero-order chi connectivity index (χ0) is 20.3. The lowest BCUT2D eigenvalue weighted by Gasteiger charge is -2.31. The number of amides is 1. The molecule has 0 bridgehead atoms. The molecule has 0 radical (unpaired) electrons. The molecule has 0 spiro atoms. The van der Waals surface area contributed by atoms with E-state index in [-0.39, 0.29) is 12.2 Å². The summed E-state index contributed by atoms with van der Waals surface area (Å²) in [4.78, 5) is 26.1. The van der Waals surface area contributed by atoms with Gasteiger partial charge in [-0.25, -0.2) is 0 Å². The van der Waals surface area contributed by atoms with Gasteiger partial charge in [-0.1, -0.05) is 0 Å². The second kappa shape index (κ2) is 8.36. The van der Waals surface area contributed by atoms with Crippen LogP contribution in [0.1, 0.15) is 5.56 Å². The molecule has 0 aliphatic carbocycles. The normalized spacial score (nSPS) is 14.8. The summed E-state index contributed by atoms with van der Waals surface area (Å²) in [5.41, 5.74) is -0.730. The van der Waals surface area contributed by atoms with Gasteiger partial charge in [0.1, 0.15) is 6.54 Å². The molecule has 1 N–H and O–H groups in total. The molecule has 1 amide bonds. The Bertz CT molecular complexity index is 924. The molecule has 150 valence electrons. The number of nitrogens with zero attached hydrogens (tertiary/aromatic N) is 2. The number of carbonyl (C=O) groups excluding carboxylic acids is 1. The van der Waals surface area contributed by atoms with Crippen molar-refractivity contribution in [2.45, 2.75) is 12.7 Å². The number of hydrogen-bond donors (Lipinski definition) is 1. The van der Waals surface area contributed by atoms with Gasteiger partial charge >= 0.3 is 6.18 Å². The van der Waals surface area contributed by atoms with Crippen LogP contribution in [0.3, 0.4) is 0 Å². The van der Waals surface area contributed by atoms with Gasteiger partial charge in [0.2, 0.25) is 5.91 Å². The van der Waals surface area contributed by atoms with Crippen molar-refractivity contribution in [1.29, 1.82) is 0 Å². The molecule has 1 fully saturated rings. The van der Waals surface area contributed by atoms with Crippen LogP contribution < -0.4 is 15.8 Å². The number of carbonyl (C=O) groups is 1. The Hall–Kier alpha value is -2.33. The first-order valence-electron chi connectivity index (χ1n) is 8.44. The van der Waals surface area contributed by atoms with E-state index in [1.165, 1.54) is 22.9 Å². The van der Waals surface area contributed by atoms with Crippen molar-refractivity contribution in [1.82, 2.24) is 4.57 Å². The zero-order valence-electron chi connectivity index (χ0n) is 14.6. The van der Waals surface area contributed by atoms with Crippen molar-refractivity contribution in [3.63, 3.8) is 0 Å². The van der Waals surface area contributed by atoms with E-state index in [9.17, 15) is 22.8 Å². The largest absolute Gasteiger partial charge is 0.416 e. The van der Waals surface area contributed by atoms with E-state index >= 15 is 0 Å². The highest BCUT2D eigenvalue weighted by Crippen LogP contribution is 2.35. The van der Waals surface area contributed by atoms with Crippen molar-refractivity contribution in [2.75, 3.05) is 36.5 Å². The predicted octanol–water partition coefficient (Wildman–Crippen LogP) is 3.10. The average molecular weight is 460 g/mol. The highest BCUT2D eigenvalue weighted by atomic mass is 79.9. The molecule has 1 aromatic heterocycles. The molecular formula is C18H17BrF3N3O3. The van der Waals surface area contributed by atoms with Crippen LogP contribution in [0.2, 0.25) is 0 Å². The molecule has 0 saturated carbocycles. The molecule has 3 rings (SSSR count). The second-order valence-electron chi connectivity index (χ2n) is 6.19. The number of rotatable bonds is 4. The highest BCUT2D eigenvalue weighted by molar-refractivity contribution is 9.10. The molecule has 1 aliphatic rings. The van der Waals surface area contributed by atoms with Crippen molar-refractivity contribution in [3.05, 3.63) is 56.9 Å². The van der Waals surface area contributed by atoms with Crippen LogP contribution in [0.4, 0.5) is 24.5 Å². The Labute approximate surface area is 167 Å². The number of alkyl halides is 3. The van der Waals surface area contributed by atoms with Gasteiger partial charge in [0.25, 0.3) is 5.56 Å². The average Bonchev–Trinajstić information content (AvgIpc) is 2.64. The number of benzene rings is 1. The Morgan fingerprint density at radius 1 is 1.18 bits per heavy atom. The SMILES string of the molecule is O=C(Cn1cc(Br)ccc1=O)Nc1cc(C(F)(F)F)ccc1N1CCOCC1. The van der Waals surface area contributed by atoms with Crippen molar-refractivity contribution in [3.8, 4) is 0 Å². The maximum Gasteiger partial charge on any atom is 0.416 e. The summed E-state index contributed by atoms with van der Waals surface area (Å²) in [6, 6.07) is 6.07. The molecular weight excluding hydrogens is 443 g/mol. The Morgan fingerprint density at radius 2 is 1.89 bits per heavy atom. The highest BCUT2D eigenvalue weighted by Gasteiger charge is 2.32. The number of hydrogen-bond acceptors (Lipinski definition) is 4. The molecule has 0 atom stereocenters. The summed E-state index contributed by atoms with van der Waals surface area (Å²) in [6.07, 6.45) is -3.10. The van der Waals surface area contributed by atoms with Crippen LogP contribution in [-0.2, 0) is 22.3 Å². The minimum absolute atomic E-state index is 0.0461. The summed E-state index contributed by atoms with van der Waals surface area (Å²) in [5, 5.41) is 2.52. The standard InChI is InChI=1S/C18H17BrF3N3O3/c19-13-2-4-17(27)25(10-13)11-16(26)23-14-9-12(18(20,21)22)1-3-15(14)24-5-7-28-8-6-24/h1-4,9-10H,5-8,11H2,(H,23,26). The monoisotopic (exact) mass is 459 g/mol.